The van der Waals surface area contributed by atoms with Gasteiger partial charge in [-0.25, -0.2) is 4.79 Å². The second-order valence-corrected chi connectivity index (χ2v) is 6.66. The Bertz CT molecular complexity index is 1300. The summed E-state index contributed by atoms with van der Waals surface area (Å²) in [5.41, 5.74) is -0.279. The number of hydrogen-bond donors (Lipinski definition) is 1. The Balaban J connectivity index is 1.96. The van der Waals surface area contributed by atoms with Gasteiger partial charge in [0.1, 0.15) is 5.75 Å². The van der Waals surface area contributed by atoms with E-state index in [-0.39, 0.29) is 22.3 Å². The highest BCUT2D eigenvalue weighted by Gasteiger charge is 2.21. The SMILES string of the molecule is [2H]C([2H])([2H])n1c(=O)n(C([2H])([2H])[2H])c2cc(N3CCCC3)c(NC(=O)c3ccccc3OC)cc21. The number of carbonyl (C=O) groups is 1. The number of ether oxygens (including phenoxy) is 1. The van der Waals surface area contributed by atoms with Crippen molar-refractivity contribution in [1.29, 1.82) is 0 Å². The lowest BCUT2D eigenvalue weighted by atomic mass is 10.1. The van der Waals surface area contributed by atoms with Gasteiger partial charge in [0.25, 0.3) is 5.91 Å². The van der Waals surface area contributed by atoms with Crippen LogP contribution in [-0.2, 0) is 14.0 Å². The third-order valence-corrected chi connectivity index (χ3v) is 5.00. The van der Waals surface area contributed by atoms with Gasteiger partial charge in [-0.15, -0.1) is 0 Å². The van der Waals surface area contributed by atoms with Crippen LogP contribution in [0.4, 0.5) is 11.4 Å². The number of methoxy groups -OCH3 is 1. The van der Waals surface area contributed by atoms with Crippen LogP contribution in [0.1, 0.15) is 31.4 Å². The number of imidazole rings is 1. The molecule has 0 unspecified atom stereocenters. The average Bonchev–Trinajstić information content (AvgIpc) is 3.37. The molecule has 1 fully saturated rings. The van der Waals surface area contributed by atoms with Gasteiger partial charge in [0, 0.05) is 35.3 Å². The second kappa shape index (κ2) is 7.07. The van der Waals surface area contributed by atoms with Crippen LogP contribution in [0.3, 0.4) is 0 Å². The molecule has 2 aromatic carbocycles. The Morgan fingerprint density at radius 1 is 1.11 bits per heavy atom. The van der Waals surface area contributed by atoms with Crippen molar-refractivity contribution >= 4 is 28.3 Å². The van der Waals surface area contributed by atoms with Gasteiger partial charge in [0.2, 0.25) is 0 Å². The molecule has 0 spiro atoms. The highest BCUT2D eigenvalue weighted by molar-refractivity contribution is 6.09. The van der Waals surface area contributed by atoms with Crippen molar-refractivity contribution in [2.45, 2.75) is 12.8 Å². The van der Waals surface area contributed by atoms with E-state index < -0.39 is 25.5 Å². The minimum Gasteiger partial charge on any atom is -0.496 e. The van der Waals surface area contributed by atoms with Crippen molar-refractivity contribution < 1.29 is 17.8 Å². The topological polar surface area (TPSA) is 68.5 Å². The first-order valence-electron chi connectivity index (χ1n) is 12.0. The van der Waals surface area contributed by atoms with Crippen LogP contribution >= 0.6 is 0 Å². The molecule has 1 N–H and O–H groups in total. The molecule has 1 aliphatic rings. The van der Waals surface area contributed by atoms with Gasteiger partial charge in [-0.05, 0) is 37.1 Å². The maximum atomic E-state index is 13.1. The van der Waals surface area contributed by atoms with Gasteiger partial charge >= 0.3 is 5.69 Å². The molecule has 0 atom stereocenters. The first kappa shape index (κ1) is 12.3. The van der Waals surface area contributed by atoms with Crippen LogP contribution in [0.15, 0.2) is 41.2 Å². The maximum Gasteiger partial charge on any atom is 0.328 e. The monoisotopic (exact) mass is 386 g/mol. The number of rotatable bonds is 4. The lowest BCUT2D eigenvalue weighted by molar-refractivity contribution is 0.102. The fourth-order valence-corrected chi connectivity index (χ4v) is 3.57. The minimum atomic E-state index is -2.93. The van der Waals surface area contributed by atoms with Crippen molar-refractivity contribution in [3.8, 4) is 5.75 Å². The van der Waals surface area contributed by atoms with E-state index >= 15 is 0 Å². The zero-order valence-electron chi connectivity index (χ0n) is 21.4. The lowest BCUT2D eigenvalue weighted by Gasteiger charge is -2.22. The molecule has 1 saturated heterocycles. The smallest absolute Gasteiger partial charge is 0.328 e. The normalized spacial score (nSPS) is 18.0. The Morgan fingerprint density at radius 2 is 1.79 bits per heavy atom. The van der Waals surface area contributed by atoms with E-state index in [2.05, 4.69) is 5.32 Å². The summed E-state index contributed by atoms with van der Waals surface area (Å²) in [4.78, 5) is 28.0. The number of aromatic nitrogens is 2. The van der Waals surface area contributed by atoms with Crippen LogP contribution in [0.2, 0.25) is 0 Å². The number of nitrogens with one attached hydrogen (secondary N) is 1. The molecule has 28 heavy (non-hydrogen) atoms. The van der Waals surface area contributed by atoms with Gasteiger partial charge in [-0.2, -0.15) is 0 Å². The van der Waals surface area contributed by atoms with E-state index in [9.17, 15) is 9.59 Å². The van der Waals surface area contributed by atoms with Crippen LogP contribution in [-0.4, -0.2) is 35.2 Å². The number of amides is 1. The predicted molar refractivity (Wildman–Crippen MR) is 111 cm³/mol. The third-order valence-electron chi connectivity index (χ3n) is 5.00. The van der Waals surface area contributed by atoms with Gasteiger partial charge in [0.15, 0.2) is 0 Å². The van der Waals surface area contributed by atoms with E-state index in [4.69, 9.17) is 13.0 Å². The van der Waals surface area contributed by atoms with E-state index in [1.54, 1.807) is 24.3 Å². The maximum absolute atomic E-state index is 13.1. The van der Waals surface area contributed by atoms with Gasteiger partial charge in [-0.1, -0.05) is 12.1 Å². The Morgan fingerprint density at radius 3 is 2.46 bits per heavy atom. The van der Waals surface area contributed by atoms with Gasteiger partial charge < -0.3 is 15.0 Å². The third kappa shape index (κ3) is 2.93. The first-order chi connectivity index (χ1) is 15.9. The van der Waals surface area contributed by atoms with Gasteiger partial charge in [0.05, 0.1) is 35.1 Å². The molecule has 0 saturated carbocycles. The second-order valence-electron chi connectivity index (χ2n) is 6.66. The van der Waals surface area contributed by atoms with Crippen molar-refractivity contribution in [3.05, 3.63) is 52.4 Å². The highest BCUT2D eigenvalue weighted by atomic mass is 16.5. The molecular weight excluding hydrogens is 356 g/mol. The number of para-hydroxylation sites is 1. The number of anilines is 2. The van der Waals surface area contributed by atoms with E-state index in [1.807, 2.05) is 4.90 Å². The molecule has 7 nitrogen and oxygen atoms in total. The molecular formula is C21H24N4O3. The summed E-state index contributed by atoms with van der Waals surface area (Å²) < 4.78 is 53.2. The molecule has 1 amide bonds. The molecule has 0 radical (unpaired) electrons. The highest BCUT2D eigenvalue weighted by Crippen LogP contribution is 2.34. The zero-order chi connectivity index (χ0) is 24.8. The summed E-state index contributed by atoms with van der Waals surface area (Å²) in [5.74, 6) is -0.132. The number of nitrogens with zero attached hydrogens (tertiary/aromatic N) is 3. The number of carbonyl (C=O) groups excluding carboxylic acids is 1. The molecule has 146 valence electrons. The van der Waals surface area contributed by atoms with Crippen molar-refractivity contribution in [2.75, 3.05) is 30.4 Å². The first-order valence-corrected chi connectivity index (χ1v) is 8.95. The Labute approximate surface area is 171 Å². The summed E-state index contributed by atoms with van der Waals surface area (Å²) >= 11 is 0. The summed E-state index contributed by atoms with van der Waals surface area (Å²) in [5, 5.41) is 2.81. The average molecular weight is 386 g/mol. The number of aryl methyl sites for hydroxylation is 2. The lowest BCUT2D eigenvalue weighted by Crippen LogP contribution is -2.21. The predicted octanol–water partition coefficient (Wildman–Crippen LogP) is 2.74. The fourth-order valence-electron chi connectivity index (χ4n) is 3.57. The molecule has 3 aromatic rings. The molecule has 2 heterocycles. The summed E-state index contributed by atoms with van der Waals surface area (Å²) in [6.07, 6.45) is 1.81. The Hall–Kier alpha value is -3.22. The van der Waals surface area contributed by atoms with Crippen LogP contribution < -0.4 is 20.6 Å². The minimum absolute atomic E-state index is 0.0432. The van der Waals surface area contributed by atoms with Crippen molar-refractivity contribution in [1.82, 2.24) is 9.13 Å². The molecule has 0 bridgehead atoms. The fraction of sp³-hybridized carbons (Fsp3) is 0.333. The number of fused-ring (bicyclic) bond motifs is 1. The standard InChI is InChI=1S/C21H24N4O3/c1-23-17-12-15(22-20(26)14-8-4-5-9-19(14)28-3)16(25-10-6-7-11-25)13-18(17)24(2)21(23)27/h4-5,8-9,12-13H,6-7,10-11H2,1-3H3,(H,22,26)/i1D3,2D3. The molecule has 7 heteroatoms. The zero-order valence-corrected chi connectivity index (χ0v) is 15.4. The summed E-state index contributed by atoms with van der Waals surface area (Å²) in [6, 6.07) is 9.46. The van der Waals surface area contributed by atoms with Crippen molar-refractivity contribution in [3.63, 3.8) is 0 Å². The van der Waals surface area contributed by atoms with Crippen molar-refractivity contribution in [2.24, 2.45) is 14.0 Å². The van der Waals surface area contributed by atoms with E-state index in [0.29, 0.717) is 33.7 Å². The quantitative estimate of drug-likeness (QED) is 0.749. The number of benzene rings is 2. The number of hydrogen-bond acceptors (Lipinski definition) is 4. The summed E-state index contributed by atoms with van der Waals surface area (Å²) in [7, 11) is 1.44. The molecule has 1 aliphatic heterocycles. The van der Waals surface area contributed by atoms with Gasteiger partial charge in [-0.3, -0.25) is 13.9 Å². The van der Waals surface area contributed by atoms with E-state index in [0.717, 1.165) is 12.8 Å². The molecule has 1 aromatic heterocycles. The Kier molecular flexibility index (Phi) is 3.10. The van der Waals surface area contributed by atoms with Crippen LogP contribution in [0.25, 0.3) is 11.0 Å². The molecule has 4 rings (SSSR count). The largest absolute Gasteiger partial charge is 0.496 e. The molecule has 0 aliphatic carbocycles. The summed E-state index contributed by atoms with van der Waals surface area (Å²) in [6.45, 7) is -4.48. The van der Waals surface area contributed by atoms with E-state index in [1.165, 1.54) is 19.2 Å². The van der Waals surface area contributed by atoms with Crippen LogP contribution in [0.5, 0.6) is 5.75 Å². The van der Waals surface area contributed by atoms with Crippen LogP contribution in [0, 0.1) is 0 Å².